The van der Waals surface area contributed by atoms with Crippen LogP contribution >= 0.6 is 22.2 Å². The van der Waals surface area contributed by atoms with Gasteiger partial charge in [0.05, 0.1) is 0 Å². The van der Waals surface area contributed by atoms with Crippen molar-refractivity contribution in [1.82, 2.24) is 0 Å². The molecule has 0 aromatic carbocycles. The molecule has 0 N–H and O–H groups in total. The van der Waals surface area contributed by atoms with E-state index >= 15 is 0 Å². The van der Waals surface area contributed by atoms with Gasteiger partial charge in [0.25, 0.3) is 0 Å². The topological polar surface area (TPSA) is 0 Å². The van der Waals surface area contributed by atoms with Gasteiger partial charge in [-0.05, 0) is 11.3 Å². The van der Waals surface area contributed by atoms with E-state index in [1.54, 1.807) is 0 Å². The monoisotopic (exact) mass is 169 g/mol. The van der Waals surface area contributed by atoms with Crippen molar-refractivity contribution < 1.29 is 0 Å². The van der Waals surface area contributed by atoms with Crippen LogP contribution in [0.15, 0.2) is 0 Å². The van der Waals surface area contributed by atoms with Crippen LogP contribution in [0.2, 0.25) is 17.9 Å². The fourth-order valence-corrected chi connectivity index (χ4v) is 16.2. The predicted molar refractivity (Wildman–Crippen MR) is 38.7 cm³/mol. The van der Waals surface area contributed by atoms with E-state index in [0.29, 0.717) is 0 Å². The van der Waals surface area contributed by atoms with Crippen molar-refractivity contribution in [2.24, 2.45) is 0 Å². The Hall–Kier alpha value is 1.01. The zero-order chi connectivity index (χ0) is 5.49. The lowest BCUT2D eigenvalue weighted by molar-refractivity contribution is 1.55. The highest BCUT2D eigenvalue weighted by Crippen LogP contribution is 2.36. The molecule has 1 aliphatic heterocycles. The first-order valence-electron chi connectivity index (χ1n) is 2.29. The first-order chi connectivity index (χ1) is 3.10. The first kappa shape index (κ1) is 6.14. The third kappa shape index (κ3) is 1.45. The van der Waals surface area contributed by atoms with Gasteiger partial charge in [0.1, 0.15) is 7.38 Å². The number of halogens is 2. The van der Waals surface area contributed by atoms with Gasteiger partial charge in [0.15, 0.2) is 8.11 Å². The quantitative estimate of drug-likeness (QED) is 0.386. The summed E-state index contributed by atoms with van der Waals surface area (Å²) in [6, 6.07) is 0. The summed E-state index contributed by atoms with van der Waals surface area (Å²) in [6.07, 6.45) is 0. The van der Waals surface area contributed by atoms with E-state index in [9.17, 15) is 0 Å². The van der Waals surface area contributed by atoms with E-state index in [2.05, 4.69) is 6.55 Å². The third-order valence-electron chi connectivity index (χ3n) is 1.12. The second kappa shape index (κ2) is 1.76. The summed E-state index contributed by atoms with van der Waals surface area (Å²) < 4.78 is 0. The maximum atomic E-state index is 5.98. The molecule has 0 bridgehead atoms. The van der Waals surface area contributed by atoms with Crippen LogP contribution in [0.1, 0.15) is 0 Å². The molecule has 0 aromatic heterocycles. The molecular weight excluding hydrogens is 163 g/mol. The Bertz CT molecular complexity index is 75.0. The maximum Gasteiger partial charge on any atom is 0.162 e. The Kier molecular flexibility index (Phi) is 1.54. The molecular formula is C3H7Cl2Si2. The minimum Gasteiger partial charge on any atom is -0.170 e. The fraction of sp³-hybridized carbons (Fsp3) is 1.00. The van der Waals surface area contributed by atoms with Gasteiger partial charge in [-0.2, -0.15) is 22.2 Å². The van der Waals surface area contributed by atoms with Crippen molar-refractivity contribution in [2.75, 3.05) is 0 Å². The second-order valence-electron chi connectivity index (χ2n) is 2.28. The SMILES string of the molecule is C[Si]1(Cl)C[Si](Cl)C1. The highest BCUT2D eigenvalue weighted by Gasteiger charge is 2.41. The normalized spacial score (nSPS) is 29.6. The van der Waals surface area contributed by atoms with Crippen LogP contribution in [0.5, 0.6) is 0 Å². The Morgan fingerprint density at radius 3 is 2.00 bits per heavy atom. The van der Waals surface area contributed by atoms with E-state index in [4.69, 9.17) is 22.2 Å². The van der Waals surface area contributed by atoms with Gasteiger partial charge < -0.3 is 0 Å². The van der Waals surface area contributed by atoms with Gasteiger partial charge in [0, 0.05) is 0 Å². The van der Waals surface area contributed by atoms with Gasteiger partial charge in [-0.3, -0.25) is 0 Å². The highest BCUT2D eigenvalue weighted by molar-refractivity contribution is 7.38. The van der Waals surface area contributed by atoms with Gasteiger partial charge in [0.2, 0.25) is 0 Å². The summed E-state index contributed by atoms with van der Waals surface area (Å²) in [5.74, 6) is 0. The predicted octanol–water partition coefficient (Wildman–Crippen LogP) is 2.12. The van der Waals surface area contributed by atoms with Gasteiger partial charge in [-0.15, -0.1) is 0 Å². The Labute approximate surface area is 55.8 Å². The lowest BCUT2D eigenvalue weighted by atomic mass is 11.7. The minimum absolute atomic E-state index is 0.398. The Balaban J connectivity index is 2.29. The summed E-state index contributed by atoms with van der Waals surface area (Å²) in [7, 11) is -1.53. The molecule has 0 amide bonds. The van der Waals surface area contributed by atoms with Gasteiger partial charge in [-0.25, -0.2) is 0 Å². The molecule has 1 radical (unpaired) electrons. The Morgan fingerprint density at radius 1 is 1.57 bits per heavy atom. The van der Waals surface area contributed by atoms with E-state index in [1.807, 2.05) is 0 Å². The summed E-state index contributed by atoms with van der Waals surface area (Å²) >= 11 is 11.8. The second-order valence-corrected chi connectivity index (χ2v) is 13.3. The summed E-state index contributed by atoms with van der Waals surface area (Å²) in [5.41, 5.74) is 2.42. The van der Waals surface area contributed by atoms with E-state index in [0.717, 1.165) is 0 Å². The van der Waals surface area contributed by atoms with Gasteiger partial charge >= 0.3 is 0 Å². The van der Waals surface area contributed by atoms with Crippen molar-refractivity contribution >= 4 is 37.6 Å². The van der Waals surface area contributed by atoms with Crippen LogP contribution in [-0.4, -0.2) is 15.5 Å². The molecule has 41 valence electrons. The molecule has 0 saturated carbocycles. The lowest BCUT2D eigenvalue weighted by Crippen LogP contribution is -2.43. The van der Waals surface area contributed by atoms with Crippen molar-refractivity contribution in [3.63, 3.8) is 0 Å². The molecule has 0 aliphatic carbocycles. The maximum absolute atomic E-state index is 5.98. The average Bonchev–Trinajstić information content (AvgIpc) is 1.27. The fourth-order valence-electron chi connectivity index (χ4n) is 0.748. The molecule has 0 aromatic rings. The molecule has 4 heteroatoms. The number of hydrogen-bond donors (Lipinski definition) is 0. The zero-order valence-electron chi connectivity index (χ0n) is 4.17. The van der Waals surface area contributed by atoms with E-state index in [1.165, 1.54) is 11.3 Å². The smallest absolute Gasteiger partial charge is 0.162 e. The van der Waals surface area contributed by atoms with Crippen molar-refractivity contribution in [3.05, 3.63) is 0 Å². The molecule has 1 aliphatic rings. The van der Waals surface area contributed by atoms with Gasteiger partial charge in [-0.1, -0.05) is 6.55 Å². The molecule has 1 rings (SSSR count). The molecule has 1 heterocycles. The van der Waals surface area contributed by atoms with Crippen LogP contribution in [0.25, 0.3) is 0 Å². The highest BCUT2D eigenvalue weighted by atomic mass is 35.6. The summed E-state index contributed by atoms with van der Waals surface area (Å²) in [4.78, 5) is 0. The molecule has 0 unspecified atom stereocenters. The summed E-state index contributed by atoms with van der Waals surface area (Å²) in [5, 5.41) is 0. The molecule has 1 saturated heterocycles. The van der Waals surface area contributed by atoms with Crippen LogP contribution in [0.3, 0.4) is 0 Å². The molecule has 7 heavy (non-hydrogen) atoms. The van der Waals surface area contributed by atoms with Crippen LogP contribution < -0.4 is 0 Å². The minimum atomic E-state index is -1.13. The average molecular weight is 170 g/mol. The summed E-state index contributed by atoms with van der Waals surface area (Å²) in [6.45, 7) is 2.19. The standard InChI is InChI=1S/C3H7Cl2Si2/c1-7(5)2-6(4)3-7/h2-3H2,1H3. The molecule has 1 fully saturated rings. The Morgan fingerprint density at radius 2 is 2.00 bits per heavy atom. The number of hydrogen-bond acceptors (Lipinski definition) is 0. The van der Waals surface area contributed by atoms with Crippen LogP contribution in [0, 0.1) is 0 Å². The van der Waals surface area contributed by atoms with Crippen molar-refractivity contribution in [3.8, 4) is 0 Å². The van der Waals surface area contributed by atoms with Crippen molar-refractivity contribution in [1.29, 1.82) is 0 Å². The molecule has 0 atom stereocenters. The molecule has 0 spiro atoms. The lowest BCUT2D eigenvalue weighted by Gasteiger charge is -2.31. The molecule has 0 nitrogen and oxygen atoms in total. The van der Waals surface area contributed by atoms with Crippen LogP contribution in [-0.2, 0) is 0 Å². The zero-order valence-corrected chi connectivity index (χ0v) is 7.68. The number of rotatable bonds is 0. The van der Waals surface area contributed by atoms with E-state index in [-0.39, 0.29) is 0 Å². The largest absolute Gasteiger partial charge is 0.170 e. The van der Waals surface area contributed by atoms with Crippen LogP contribution in [0.4, 0.5) is 0 Å². The van der Waals surface area contributed by atoms with E-state index < -0.39 is 15.5 Å². The third-order valence-corrected chi connectivity index (χ3v) is 14.9. The first-order valence-corrected chi connectivity index (χ1v) is 9.14. The van der Waals surface area contributed by atoms with Crippen molar-refractivity contribution in [2.45, 2.75) is 17.9 Å².